The number of carbonyl (C=O) groups excluding carboxylic acids is 2. The number of unbranched alkanes of at least 4 members (excludes halogenated alkanes) is 11. The fraction of sp³-hybridized carbons (Fsp3) is 0.500. The Kier molecular flexibility index (Phi) is 12.3. The van der Waals surface area contributed by atoms with Crippen molar-refractivity contribution in [2.75, 3.05) is 6.61 Å². The van der Waals surface area contributed by atoms with E-state index in [0.29, 0.717) is 23.3 Å². The monoisotopic (exact) mass is 422 g/mol. The van der Waals surface area contributed by atoms with E-state index in [1.807, 2.05) is 18.2 Å². The van der Waals surface area contributed by atoms with Gasteiger partial charge in [0.1, 0.15) is 0 Å². The summed E-state index contributed by atoms with van der Waals surface area (Å²) in [5, 5.41) is 0. The molecule has 0 unspecified atom stereocenters. The van der Waals surface area contributed by atoms with Gasteiger partial charge >= 0.3 is 5.97 Å². The van der Waals surface area contributed by atoms with Crippen LogP contribution in [0.5, 0.6) is 0 Å². The fourth-order valence-electron chi connectivity index (χ4n) is 3.71. The van der Waals surface area contributed by atoms with E-state index in [-0.39, 0.29) is 11.8 Å². The summed E-state index contributed by atoms with van der Waals surface area (Å²) in [6, 6.07) is 15.9. The number of hydrogen-bond donors (Lipinski definition) is 0. The molecule has 0 aliphatic carbocycles. The Morgan fingerprint density at radius 2 is 1.03 bits per heavy atom. The molecule has 0 N–H and O–H groups in total. The summed E-state index contributed by atoms with van der Waals surface area (Å²) < 4.78 is 5.38. The zero-order chi connectivity index (χ0) is 22.2. The van der Waals surface area contributed by atoms with Gasteiger partial charge in [0.15, 0.2) is 5.78 Å². The van der Waals surface area contributed by atoms with E-state index in [1.54, 1.807) is 36.4 Å². The first-order valence-corrected chi connectivity index (χ1v) is 12.1. The van der Waals surface area contributed by atoms with Crippen molar-refractivity contribution in [1.29, 1.82) is 0 Å². The Morgan fingerprint density at radius 3 is 1.58 bits per heavy atom. The average Bonchev–Trinajstić information content (AvgIpc) is 2.82. The third kappa shape index (κ3) is 9.95. The van der Waals surface area contributed by atoms with Gasteiger partial charge in [0.25, 0.3) is 0 Å². The Hall–Kier alpha value is -2.42. The Morgan fingerprint density at radius 1 is 0.581 bits per heavy atom. The minimum atomic E-state index is -0.318. The van der Waals surface area contributed by atoms with Crippen LogP contribution in [-0.2, 0) is 4.74 Å². The molecule has 2 aromatic carbocycles. The minimum Gasteiger partial charge on any atom is -0.462 e. The summed E-state index contributed by atoms with van der Waals surface area (Å²) >= 11 is 0. The van der Waals surface area contributed by atoms with Crippen molar-refractivity contribution in [2.45, 2.75) is 84.0 Å². The van der Waals surface area contributed by atoms with E-state index in [1.165, 1.54) is 64.2 Å². The zero-order valence-corrected chi connectivity index (χ0v) is 19.1. The molecule has 0 atom stereocenters. The number of rotatable bonds is 16. The standard InChI is InChI=1S/C28H38O3/c1-2-3-4-5-6-7-8-9-10-11-12-16-23-31-28(30)26-21-19-25(20-22-26)27(29)24-17-14-13-15-18-24/h13-15,17-22H,2-12,16,23H2,1H3. The van der Waals surface area contributed by atoms with Crippen LogP contribution in [0.4, 0.5) is 0 Å². The lowest BCUT2D eigenvalue weighted by atomic mass is 10.0. The lowest BCUT2D eigenvalue weighted by Gasteiger charge is -2.06. The van der Waals surface area contributed by atoms with Gasteiger partial charge in [0.05, 0.1) is 12.2 Å². The molecule has 3 heteroatoms. The maximum absolute atomic E-state index is 12.4. The second-order valence-corrected chi connectivity index (χ2v) is 8.30. The van der Waals surface area contributed by atoms with E-state index in [4.69, 9.17) is 4.74 Å². The summed E-state index contributed by atoms with van der Waals surface area (Å²) in [6.07, 6.45) is 15.4. The highest BCUT2D eigenvalue weighted by Crippen LogP contribution is 2.14. The largest absolute Gasteiger partial charge is 0.462 e. The minimum absolute atomic E-state index is 0.0444. The van der Waals surface area contributed by atoms with Crippen molar-refractivity contribution in [3.8, 4) is 0 Å². The summed E-state index contributed by atoms with van der Waals surface area (Å²) in [5.74, 6) is -0.362. The first-order valence-electron chi connectivity index (χ1n) is 12.1. The van der Waals surface area contributed by atoms with Crippen LogP contribution in [0, 0.1) is 0 Å². The zero-order valence-electron chi connectivity index (χ0n) is 19.1. The Balaban J connectivity index is 1.53. The normalized spacial score (nSPS) is 10.7. The van der Waals surface area contributed by atoms with Crippen LogP contribution in [0.3, 0.4) is 0 Å². The highest BCUT2D eigenvalue weighted by Gasteiger charge is 2.11. The molecule has 0 fully saturated rings. The molecular formula is C28H38O3. The van der Waals surface area contributed by atoms with Crippen LogP contribution >= 0.6 is 0 Å². The van der Waals surface area contributed by atoms with Gasteiger partial charge in [0, 0.05) is 11.1 Å². The smallest absolute Gasteiger partial charge is 0.338 e. The molecule has 168 valence electrons. The van der Waals surface area contributed by atoms with Crippen molar-refractivity contribution >= 4 is 11.8 Å². The molecule has 2 rings (SSSR count). The molecule has 0 bridgehead atoms. The van der Waals surface area contributed by atoms with Gasteiger partial charge in [-0.15, -0.1) is 0 Å². The molecule has 0 saturated heterocycles. The van der Waals surface area contributed by atoms with E-state index in [9.17, 15) is 9.59 Å². The maximum Gasteiger partial charge on any atom is 0.338 e. The fourth-order valence-corrected chi connectivity index (χ4v) is 3.71. The first-order chi connectivity index (χ1) is 15.2. The van der Waals surface area contributed by atoms with E-state index in [0.717, 1.165) is 12.8 Å². The number of esters is 1. The molecule has 0 aliphatic heterocycles. The molecule has 0 saturated carbocycles. The summed E-state index contributed by atoms with van der Waals surface area (Å²) in [6.45, 7) is 2.72. The van der Waals surface area contributed by atoms with Gasteiger partial charge in [-0.05, 0) is 18.6 Å². The lowest BCUT2D eigenvalue weighted by molar-refractivity contribution is 0.0497. The molecule has 0 spiro atoms. The lowest BCUT2D eigenvalue weighted by Crippen LogP contribution is -2.07. The predicted octanol–water partition coefficient (Wildman–Crippen LogP) is 7.78. The molecule has 2 aromatic rings. The molecule has 31 heavy (non-hydrogen) atoms. The van der Waals surface area contributed by atoms with Crippen LogP contribution in [-0.4, -0.2) is 18.4 Å². The van der Waals surface area contributed by atoms with E-state index < -0.39 is 0 Å². The SMILES string of the molecule is CCCCCCCCCCCCCCOC(=O)c1ccc(C(=O)c2ccccc2)cc1. The van der Waals surface area contributed by atoms with E-state index in [2.05, 4.69) is 6.92 Å². The van der Waals surface area contributed by atoms with Gasteiger partial charge in [-0.3, -0.25) is 4.79 Å². The van der Waals surface area contributed by atoms with Gasteiger partial charge in [-0.1, -0.05) is 120 Å². The second-order valence-electron chi connectivity index (χ2n) is 8.30. The van der Waals surface area contributed by atoms with Crippen LogP contribution in [0.1, 0.15) is 110 Å². The molecule has 0 heterocycles. The molecule has 3 nitrogen and oxygen atoms in total. The average molecular weight is 423 g/mol. The van der Waals surface area contributed by atoms with Crippen molar-refractivity contribution < 1.29 is 14.3 Å². The molecule has 0 amide bonds. The van der Waals surface area contributed by atoms with Crippen LogP contribution in [0.25, 0.3) is 0 Å². The number of hydrogen-bond acceptors (Lipinski definition) is 3. The number of carbonyl (C=O) groups is 2. The molecule has 0 aromatic heterocycles. The van der Waals surface area contributed by atoms with E-state index >= 15 is 0 Å². The summed E-state index contributed by atoms with van der Waals surface area (Å²) in [5.41, 5.74) is 1.71. The highest BCUT2D eigenvalue weighted by atomic mass is 16.5. The summed E-state index contributed by atoms with van der Waals surface area (Å²) in [7, 11) is 0. The van der Waals surface area contributed by atoms with Crippen molar-refractivity contribution in [3.63, 3.8) is 0 Å². The first kappa shape index (κ1) is 24.8. The molecule has 0 aliphatic rings. The third-order valence-corrected chi connectivity index (χ3v) is 5.65. The van der Waals surface area contributed by atoms with Crippen LogP contribution in [0.2, 0.25) is 0 Å². The molecule has 0 radical (unpaired) electrons. The second kappa shape index (κ2) is 15.4. The topological polar surface area (TPSA) is 43.4 Å². The van der Waals surface area contributed by atoms with Gasteiger partial charge < -0.3 is 4.74 Å². The predicted molar refractivity (Wildman–Crippen MR) is 128 cm³/mol. The summed E-state index contributed by atoms with van der Waals surface area (Å²) in [4.78, 5) is 24.6. The van der Waals surface area contributed by atoms with Crippen LogP contribution < -0.4 is 0 Å². The van der Waals surface area contributed by atoms with Crippen LogP contribution in [0.15, 0.2) is 54.6 Å². The van der Waals surface area contributed by atoms with Gasteiger partial charge in [-0.25, -0.2) is 4.79 Å². The maximum atomic E-state index is 12.4. The van der Waals surface area contributed by atoms with Gasteiger partial charge in [0.2, 0.25) is 0 Å². The quantitative estimate of drug-likeness (QED) is 0.158. The van der Waals surface area contributed by atoms with Gasteiger partial charge in [-0.2, -0.15) is 0 Å². The van der Waals surface area contributed by atoms with Crippen molar-refractivity contribution in [3.05, 3.63) is 71.3 Å². The van der Waals surface area contributed by atoms with Crippen molar-refractivity contribution in [1.82, 2.24) is 0 Å². The number of ether oxygens (including phenoxy) is 1. The highest BCUT2D eigenvalue weighted by molar-refractivity contribution is 6.09. The molecular weight excluding hydrogens is 384 g/mol. The Bertz CT molecular complexity index is 750. The Labute approximate surface area is 188 Å². The van der Waals surface area contributed by atoms with Crippen molar-refractivity contribution in [2.24, 2.45) is 0 Å². The number of ketones is 1. The third-order valence-electron chi connectivity index (χ3n) is 5.65. The number of benzene rings is 2.